The molecule has 0 unspecified atom stereocenters. The predicted molar refractivity (Wildman–Crippen MR) is 119 cm³/mol. The third-order valence-corrected chi connectivity index (χ3v) is 4.60. The van der Waals surface area contributed by atoms with Crippen molar-refractivity contribution in [3.05, 3.63) is 121 Å². The van der Waals surface area contributed by atoms with Crippen LogP contribution in [0.15, 0.2) is 120 Å². The minimum Gasteiger partial charge on any atom is -0.310 e. The second-order valence-electron chi connectivity index (χ2n) is 6.59. The van der Waals surface area contributed by atoms with E-state index in [1.807, 2.05) is 42.5 Å². The number of hydrogen-bond acceptors (Lipinski definition) is 2. The van der Waals surface area contributed by atoms with Crippen LogP contribution in [0.5, 0.6) is 0 Å². The van der Waals surface area contributed by atoms with Gasteiger partial charge in [-0.25, -0.2) is 0 Å². The van der Waals surface area contributed by atoms with Gasteiger partial charge in [-0.1, -0.05) is 66.7 Å². The molecule has 136 valence electrons. The average molecular weight is 362 g/mol. The first-order chi connectivity index (χ1) is 13.8. The van der Waals surface area contributed by atoms with Crippen molar-refractivity contribution < 1.29 is 0 Å². The molecule has 0 heterocycles. The largest absolute Gasteiger partial charge is 0.310 e. The van der Waals surface area contributed by atoms with Crippen molar-refractivity contribution in [2.45, 2.75) is 6.92 Å². The van der Waals surface area contributed by atoms with Gasteiger partial charge in [0.25, 0.3) is 0 Å². The van der Waals surface area contributed by atoms with Crippen LogP contribution in [-0.4, -0.2) is 5.71 Å². The number of para-hydroxylation sites is 3. The van der Waals surface area contributed by atoms with Crippen LogP contribution in [0.25, 0.3) is 0 Å². The Morgan fingerprint density at radius 1 is 0.571 bits per heavy atom. The van der Waals surface area contributed by atoms with Crippen LogP contribution in [0.4, 0.5) is 22.7 Å². The van der Waals surface area contributed by atoms with E-state index in [4.69, 9.17) is 4.99 Å². The molecule has 4 aromatic carbocycles. The minimum absolute atomic E-state index is 0.966. The first-order valence-electron chi connectivity index (χ1n) is 9.42. The number of aliphatic imine (C=N–C) groups is 1. The first kappa shape index (κ1) is 17.7. The fourth-order valence-electron chi connectivity index (χ4n) is 3.23. The molecule has 0 saturated carbocycles. The normalized spacial score (nSPS) is 11.2. The van der Waals surface area contributed by atoms with E-state index in [1.165, 1.54) is 0 Å². The lowest BCUT2D eigenvalue weighted by atomic mass is 10.1. The molecule has 0 N–H and O–H groups in total. The van der Waals surface area contributed by atoms with Gasteiger partial charge < -0.3 is 4.90 Å². The van der Waals surface area contributed by atoms with Gasteiger partial charge in [0.2, 0.25) is 0 Å². The van der Waals surface area contributed by atoms with Crippen molar-refractivity contribution in [2.75, 3.05) is 4.90 Å². The van der Waals surface area contributed by atoms with Crippen molar-refractivity contribution in [3.8, 4) is 0 Å². The van der Waals surface area contributed by atoms with Crippen LogP contribution in [-0.2, 0) is 0 Å². The molecule has 0 aromatic heterocycles. The highest BCUT2D eigenvalue weighted by Gasteiger charge is 2.12. The smallest absolute Gasteiger partial charge is 0.0633 e. The second kappa shape index (κ2) is 8.36. The molecule has 0 aliphatic carbocycles. The molecular weight excluding hydrogens is 340 g/mol. The van der Waals surface area contributed by atoms with Crippen molar-refractivity contribution in [1.82, 2.24) is 0 Å². The van der Waals surface area contributed by atoms with Crippen molar-refractivity contribution in [1.29, 1.82) is 0 Å². The fourth-order valence-corrected chi connectivity index (χ4v) is 3.23. The zero-order valence-corrected chi connectivity index (χ0v) is 15.9. The highest BCUT2D eigenvalue weighted by molar-refractivity contribution is 6.01. The Morgan fingerprint density at radius 2 is 1.07 bits per heavy atom. The van der Waals surface area contributed by atoms with Gasteiger partial charge in [-0.2, -0.15) is 0 Å². The van der Waals surface area contributed by atoms with Gasteiger partial charge >= 0.3 is 0 Å². The summed E-state index contributed by atoms with van der Waals surface area (Å²) >= 11 is 0. The lowest BCUT2D eigenvalue weighted by Gasteiger charge is -2.25. The first-order valence-corrected chi connectivity index (χ1v) is 9.42. The Hall–Kier alpha value is -3.65. The molecule has 0 aliphatic heterocycles. The SMILES string of the molecule is CC(=Nc1ccccc1)c1cccc(N(c2ccccc2)c2ccccc2)c1. The van der Waals surface area contributed by atoms with Crippen LogP contribution >= 0.6 is 0 Å². The number of rotatable bonds is 5. The standard InChI is InChI=1S/C26H22N2/c1-21(27-23-13-5-2-6-14-23)22-12-11-19-26(20-22)28(24-15-7-3-8-16-24)25-17-9-4-10-18-25/h2-20H,1H3. The summed E-state index contributed by atoms with van der Waals surface area (Å²) in [4.78, 5) is 7.04. The Balaban J connectivity index is 1.76. The summed E-state index contributed by atoms with van der Waals surface area (Å²) in [6, 6.07) is 39.5. The third-order valence-electron chi connectivity index (χ3n) is 4.60. The second-order valence-corrected chi connectivity index (χ2v) is 6.59. The van der Waals surface area contributed by atoms with Crippen molar-refractivity contribution in [2.24, 2.45) is 4.99 Å². The molecule has 0 radical (unpaired) electrons. The fraction of sp³-hybridized carbons (Fsp3) is 0.0385. The number of benzene rings is 4. The molecule has 28 heavy (non-hydrogen) atoms. The van der Waals surface area contributed by atoms with Gasteiger partial charge in [-0.15, -0.1) is 0 Å². The zero-order valence-electron chi connectivity index (χ0n) is 15.9. The summed E-state index contributed by atoms with van der Waals surface area (Å²) in [7, 11) is 0. The molecule has 0 spiro atoms. The average Bonchev–Trinajstić information content (AvgIpc) is 2.76. The van der Waals surface area contributed by atoms with E-state index < -0.39 is 0 Å². The van der Waals surface area contributed by atoms with Crippen LogP contribution < -0.4 is 4.90 Å². The van der Waals surface area contributed by atoms with E-state index >= 15 is 0 Å². The Morgan fingerprint density at radius 3 is 1.64 bits per heavy atom. The highest BCUT2D eigenvalue weighted by Crippen LogP contribution is 2.34. The molecule has 4 rings (SSSR count). The molecule has 2 nitrogen and oxygen atoms in total. The van der Waals surface area contributed by atoms with Gasteiger partial charge in [0.05, 0.1) is 5.69 Å². The van der Waals surface area contributed by atoms with Crippen LogP contribution in [0, 0.1) is 0 Å². The van der Waals surface area contributed by atoms with E-state index in [2.05, 4.69) is 84.6 Å². The van der Waals surface area contributed by atoms with E-state index in [9.17, 15) is 0 Å². The summed E-state index contributed by atoms with van der Waals surface area (Å²) in [5, 5.41) is 0. The number of hydrogen-bond donors (Lipinski definition) is 0. The molecular formula is C26H22N2. The predicted octanol–water partition coefficient (Wildman–Crippen LogP) is 7.30. The molecule has 0 fully saturated rings. The highest BCUT2D eigenvalue weighted by atomic mass is 15.1. The quantitative estimate of drug-likeness (QED) is 0.340. The maximum atomic E-state index is 4.77. The molecule has 0 bridgehead atoms. The van der Waals surface area contributed by atoms with E-state index in [-0.39, 0.29) is 0 Å². The summed E-state index contributed by atoms with van der Waals surface area (Å²) in [6.45, 7) is 2.06. The van der Waals surface area contributed by atoms with Crippen molar-refractivity contribution >= 4 is 28.5 Å². The Labute approximate surface area is 166 Å². The van der Waals surface area contributed by atoms with Gasteiger partial charge in [0, 0.05) is 22.8 Å². The molecule has 0 atom stereocenters. The third kappa shape index (κ3) is 4.02. The minimum atomic E-state index is 0.966. The summed E-state index contributed by atoms with van der Waals surface area (Å²) in [5.74, 6) is 0. The Kier molecular flexibility index (Phi) is 5.30. The van der Waals surface area contributed by atoms with Crippen LogP contribution in [0.2, 0.25) is 0 Å². The van der Waals surface area contributed by atoms with Gasteiger partial charge in [0.15, 0.2) is 0 Å². The van der Waals surface area contributed by atoms with Crippen molar-refractivity contribution in [3.63, 3.8) is 0 Å². The van der Waals surface area contributed by atoms with Gasteiger partial charge in [0.1, 0.15) is 0 Å². The molecule has 4 aromatic rings. The lowest BCUT2D eigenvalue weighted by molar-refractivity contribution is 1.28. The summed E-state index contributed by atoms with van der Waals surface area (Å²) < 4.78 is 0. The molecule has 0 saturated heterocycles. The van der Waals surface area contributed by atoms with Gasteiger partial charge in [-0.05, 0) is 61.0 Å². The Bertz CT molecular complexity index is 1020. The summed E-state index contributed by atoms with van der Waals surface area (Å²) in [5.41, 5.74) is 6.44. The van der Waals surface area contributed by atoms with Crippen LogP contribution in [0.1, 0.15) is 12.5 Å². The summed E-state index contributed by atoms with van der Waals surface area (Å²) in [6.07, 6.45) is 0. The topological polar surface area (TPSA) is 15.6 Å². The monoisotopic (exact) mass is 362 g/mol. The van der Waals surface area contributed by atoms with Crippen LogP contribution in [0.3, 0.4) is 0 Å². The maximum Gasteiger partial charge on any atom is 0.0633 e. The number of nitrogens with zero attached hydrogens (tertiary/aromatic N) is 2. The number of anilines is 3. The van der Waals surface area contributed by atoms with E-state index in [0.717, 1.165) is 34.0 Å². The lowest BCUT2D eigenvalue weighted by Crippen LogP contribution is -2.10. The van der Waals surface area contributed by atoms with E-state index in [0.29, 0.717) is 0 Å². The molecule has 2 heteroatoms. The van der Waals surface area contributed by atoms with E-state index in [1.54, 1.807) is 0 Å². The van der Waals surface area contributed by atoms with Gasteiger partial charge in [-0.3, -0.25) is 4.99 Å². The maximum absolute atomic E-state index is 4.77. The molecule has 0 amide bonds. The molecule has 0 aliphatic rings. The zero-order chi connectivity index (χ0) is 19.2.